The van der Waals surface area contributed by atoms with Crippen LogP contribution in [0.1, 0.15) is 13.3 Å². The Kier molecular flexibility index (Phi) is 7.05. The maximum Gasteiger partial charge on any atom is 0.120 e. The van der Waals surface area contributed by atoms with E-state index in [2.05, 4.69) is 5.32 Å². The Balaban J connectivity index is 2.19. The minimum Gasteiger partial charge on any atom is -0.491 e. The van der Waals surface area contributed by atoms with E-state index < -0.39 is 6.10 Å². The molecule has 0 radical (unpaired) electrons. The summed E-state index contributed by atoms with van der Waals surface area (Å²) in [5.41, 5.74) is 0. The second-order valence-electron chi connectivity index (χ2n) is 4.14. The Morgan fingerprint density at radius 3 is 2.67 bits per heavy atom. The number of aliphatic hydroxyl groups is 2. The van der Waals surface area contributed by atoms with Crippen LogP contribution in [0, 0.1) is 0 Å². The van der Waals surface area contributed by atoms with Crippen LogP contribution in [0.25, 0.3) is 0 Å². The second-order valence-corrected chi connectivity index (χ2v) is 4.58. The van der Waals surface area contributed by atoms with Crippen LogP contribution in [0.2, 0.25) is 5.02 Å². The highest BCUT2D eigenvalue weighted by Gasteiger charge is 2.06. The third-order valence-corrected chi connectivity index (χ3v) is 2.70. The number of benzene rings is 1. The van der Waals surface area contributed by atoms with Gasteiger partial charge in [0.15, 0.2) is 0 Å². The van der Waals surface area contributed by atoms with Gasteiger partial charge in [-0.2, -0.15) is 0 Å². The van der Waals surface area contributed by atoms with Gasteiger partial charge in [-0.1, -0.05) is 24.6 Å². The lowest BCUT2D eigenvalue weighted by atomic mass is 10.2. The van der Waals surface area contributed by atoms with E-state index in [9.17, 15) is 10.2 Å². The lowest BCUT2D eigenvalue weighted by Gasteiger charge is -2.14. The molecule has 3 N–H and O–H groups in total. The van der Waals surface area contributed by atoms with E-state index in [0.29, 0.717) is 30.3 Å². The number of rotatable bonds is 8. The molecular weight excluding hydrogens is 254 g/mol. The number of aliphatic hydroxyl groups excluding tert-OH is 2. The van der Waals surface area contributed by atoms with Gasteiger partial charge in [0.05, 0.1) is 6.10 Å². The van der Waals surface area contributed by atoms with E-state index in [1.165, 1.54) is 0 Å². The Labute approximate surface area is 113 Å². The first kappa shape index (κ1) is 15.2. The summed E-state index contributed by atoms with van der Waals surface area (Å²) in [4.78, 5) is 0. The first-order valence-corrected chi connectivity index (χ1v) is 6.44. The van der Waals surface area contributed by atoms with Gasteiger partial charge in [-0.3, -0.25) is 0 Å². The summed E-state index contributed by atoms with van der Waals surface area (Å²) in [5, 5.41) is 22.6. The van der Waals surface area contributed by atoms with E-state index in [-0.39, 0.29) is 12.7 Å². The molecule has 1 aromatic rings. The summed E-state index contributed by atoms with van der Waals surface area (Å²) in [6.45, 7) is 2.96. The molecule has 0 fully saturated rings. The van der Waals surface area contributed by atoms with Crippen LogP contribution < -0.4 is 10.1 Å². The summed E-state index contributed by atoms with van der Waals surface area (Å²) in [6, 6.07) is 7.04. The van der Waals surface area contributed by atoms with Gasteiger partial charge in [0.25, 0.3) is 0 Å². The van der Waals surface area contributed by atoms with Crippen molar-refractivity contribution in [3.63, 3.8) is 0 Å². The van der Waals surface area contributed by atoms with E-state index in [4.69, 9.17) is 16.3 Å². The van der Waals surface area contributed by atoms with Crippen molar-refractivity contribution in [1.29, 1.82) is 0 Å². The predicted octanol–water partition coefficient (Wildman–Crippen LogP) is 1.44. The van der Waals surface area contributed by atoms with Crippen molar-refractivity contribution in [2.24, 2.45) is 0 Å². The van der Waals surface area contributed by atoms with Crippen LogP contribution in [0.4, 0.5) is 0 Å². The number of nitrogens with one attached hydrogen (secondary N) is 1. The second kappa shape index (κ2) is 8.32. The highest BCUT2D eigenvalue weighted by molar-refractivity contribution is 6.30. The molecule has 0 aliphatic heterocycles. The number of hydrogen-bond donors (Lipinski definition) is 3. The first-order valence-electron chi connectivity index (χ1n) is 6.07. The molecule has 0 aliphatic rings. The highest BCUT2D eigenvalue weighted by Crippen LogP contribution is 2.17. The summed E-state index contributed by atoms with van der Waals surface area (Å²) in [5.74, 6) is 0.634. The fourth-order valence-electron chi connectivity index (χ4n) is 1.37. The van der Waals surface area contributed by atoms with Gasteiger partial charge in [-0.05, 0) is 24.6 Å². The Bertz CT molecular complexity index is 349. The number of halogens is 1. The number of hydrogen-bond acceptors (Lipinski definition) is 4. The molecule has 0 bridgehead atoms. The van der Waals surface area contributed by atoms with Crippen LogP contribution in [-0.2, 0) is 0 Å². The molecule has 1 rings (SSSR count). The predicted molar refractivity (Wildman–Crippen MR) is 72.1 cm³/mol. The maximum atomic E-state index is 9.66. The van der Waals surface area contributed by atoms with Crippen LogP contribution in [-0.4, -0.2) is 42.1 Å². The molecular formula is C13H20ClNO3. The van der Waals surface area contributed by atoms with Gasteiger partial charge >= 0.3 is 0 Å². The third kappa shape index (κ3) is 6.21. The van der Waals surface area contributed by atoms with Crippen LogP contribution in [0.5, 0.6) is 5.75 Å². The lowest BCUT2D eigenvalue weighted by Crippen LogP contribution is -2.35. The SMILES string of the molecule is CCC(O)CNCC(O)COc1cccc(Cl)c1. The normalized spacial score (nSPS) is 14.2. The fourth-order valence-corrected chi connectivity index (χ4v) is 1.55. The van der Waals surface area contributed by atoms with Gasteiger partial charge in [0.1, 0.15) is 18.5 Å². The standard InChI is InChI=1S/C13H20ClNO3/c1-2-11(16)7-15-8-12(17)9-18-13-5-3-4-10(14)6-13/h3-6,11-12,15-17H,2,7-9H2,1H3. The molecule has 0 saturated heterocycles. The molecule has 0 aromatic heterocycles. The van der Waals surface area contributed by atoms with E-state index in [0.717, 1.165) is 0 Å². The monoisotopic (exact) mass is 273 g/mol. The minimum atomic E-state index is -0.618. The quantitative estimate of drug-likeness (QED) is 0.671. The van der Waals surface area contributed by atoms with E-state index in [1.54, 1.807) is 24.3 Å². The van der Waals surface area contributed by atoms with Crippen molar-refractivity contribution in [2.45, 2.75) is 25.6 Å². The summed E-state index contributed by atoms with van der Waals surface area (Å²) >= 11 is 5.81. The van der Waals surface area contributed by atoms with Crippen molar-refractivity contribution in [3.05, 3.63) is 29.3 Å². The molecule has 18 heavy (non-hydrogen) atoms. The average molecular weight is 274 g/mol. The minimum absolute atomic E-state index is 0.190. The highest BCUT2D eigenvalue weighted by atomic mass is 35.5. The molecule has 2 atom stereocenters. The molecule has 0 saturated carbocycles. The Hall–Kier alpha value is -0.810. The summed E-state index contributed by atoms with van der Waals surface area (Å²) in [6.07, 6.45) is -0.290. The van der Waals surface area contributed by atoms with E-state index in [1.807, 2.05) is 6.92 Å². The first-order chi connectivity index (χ1) is 8.61. The average Bonchev–Trinajstić information content (AvgIpc) is 2.36. The van der Waals surface area contributed by atoms with Gasteiger partial charge in [0, 0.05) is 18.1 Å². The molecule has 2 unspecified atom stereocenters. The van der Waals surface area contributed by atoms with Crippen LogP contribution in [0.15, 0.2) is 24.3 Å². The van der Waals surface area contributed by atoms with Crippen molar-refractivity contribution >= 4 is 11.6 Å². The van der Waals surface area contributed by atoms with Gasteiger partial charge in [0.2, 0.25) is 0 Å². The molecule has 0 amide bonds. The zero-order valence-corrected chi connectivity index (χ0v) is 11.2. The van der Waals surface area contributed by atoms with Crippen molar-refractivity contribution in [3.8, 4) is 5.75 Å². The van der Waals surface area contributed by atoms with Crippen molar-refractivity contribution < 1.29 is 14.9 Å². The molecule has 0 spiro atoms. The van der Waals surface area contributed by atoms with Gasteiger partial charge in [-0.15, -0.1) is 0 Å². The summed E-state index contributed by atoms with van der Waals surface area (Å²) in [7, 11) is 0. The lowest BCUT2D eigenvalue weighted by molar-refractivity contribution is 0.0992. The van der Waals surface area contributed by atoms with E-state index >= 15 is 0 Å². The van der Waals surface area contributed by atoms with Crippen LogP contribution in [0.3, 0.4) is 0 Å². The fraction of sp³-hybridized carbons (Fsp3) is 0.538. The topological polar surface area (TPSA) is 61.7 Å². The zero-order chi connectivity index (χ0) is 13.4. The van der Waals surface area contributed by atoms with Crippen molar-refractivity contribution in [2.75, 3.05) is 19.7 Å². The molecule has 0 heterocycles. The van der Waals surface area contributed by atoms with Crippen molar-refractivity contribution in [1.82, 2.24) is 5.32 Å². The molecule has 5 heteroatoms. The largest absolute Gasteiger partial charge is 0.491 e. The Morgan fingerprint density at radius 1 is 1.28 bits per heavy atom. The molecule has 0 aliphatic carbocycles. The summed E-state index contributed by atoms with van der Waals surface area (Å²) < 4.78 is 5.40. The smallest absolute Gasteiger partial charge is 0.120 e. The molecule has 102 valence electrons. The zero-order valence-electron chi connectivity index (χ0n) is 10.5. The number of ether oxygens (including phenoxy) is 1. The van der Waals surface area contributed by atoms with Gasteiger partial charge in [-0.25, -0.2) is 0 Å². The van der Waals surface area contributed by atoms with Crippen LogP contribution >= 0.6 is 11.6 Å². The molecule has 1 aromatic carbocycles. The van der Waals surface area contributed by atoms with Gasteiger partial charge < -0.3 is 20.3 Å². The molecule has 4 nitrogen and oxygen atoms in total. The Morgan fingerprint density at radius 2 is 2.00 bits per heavy atom. The maximum absolute atomic E-state index is 9.66. The third-order valence-electron chi connectivity index (χ3n) is 2.47.